The number of thiol groups is 1. The van der Waals surface area contributed by atoms with Crippen LogP contribution in [0.1, 0.15) is 26.7 Å². The molecule has 1 aliphatic heterocycles. The van der Waals surface area contributed by atoms with Gasteiger partial charge in [0.2, 0.25) is 0 Å². The van der Waals surface area contributed by atoms with Crippen molar-refractivity contribution in [3.05, 3.63) is 0 Å². The second-order valence-corrected chi connectivity index (χ2v) is 4.26. The van der Waals surface area contributed by atoms with Crippen molar-refractivity contribution in [3.63, 3.8) is 0 Å². The molecule has 3 nitrogen and oxygen atoms in total. The molecule has 1 N–H and O–H groups in total. The standard InChI is InChI=1S/C9H18O3S/c1-9(2,10)12-8-3-5-11-7(8)4-6-13/h7-8,10,13H,3-6H2,1-2H3. The van der Waals surface area contributed by atoms with E-state index in [1.807, 2.05) is 0 Å². The molecule has 0 saturated carbocycles. The largest absolute Gasteiger partial charge is 0.375 e. The first kappa shape index (κ1) is 11.3. The van der Waals surface area contributed by atoms with Gasteiger partial charge in [-0.3, -0.25) is 0 Å². The molecular formula is C9H18O3S. The molecule has 0 radical (unpaired) electrons. The predicted octanol–water partition coefficient (Wildman–Crippen LogP) is 1.21. The molecule has 0 spiro atoms. The Hall–Kier alpha value is 0.230. The molecular weight excluding hydrogens is 188 g/mol. The van der Waals surface area contributed by atoms with Crippen molar-refractivity contribution in [3.8, 4) is 0 Å². The van der Waals surface area contributed by atoms with Crippen molar-refractivity contribution >= 4 is 12.6 Å². The molecule has 0 bridgehead atoms. The van der Waals surface area contributed by atoms with E-state index in [-0.39, 0.29) is 12.2 Å². The summed E-state index contributed by atoms with van der Waals surface area (Å²) in [5.41, 5.74) is 0. The SMILES string of the molecule is CC(C)(O)OC1CCOC1CCS. The van der Waals surface area contributed by atoms with Gasteiger partial charge in [-0.05, 0) is 32.4 Å². The smallest absolute Gasteiger partial charge is 0.160 e. The lowest BCUT2D eigenvalue weighted by molar-refractivity contribution is -0.214. The van der Waals surface area contributed by atoms with E-state index in [0.717, 1.165) is 25.2 Å². The van der Waals surface area contributed by atoms with Crippen LogP contribution < -0.4 is 0 Å². The summed E-state index contributed by atoms with van der Waals surface area (Å²) in [4.78, 5) is 0. The van der Waals surface area contributed by atoms with Crippen molar-refractivity contribution in [2.75, 3.05) is 12.4 Å². The molecule has 2 atom stereocenters. The number of hydrogen-bond donors (Lipinski definition) is 2. The second-order valence-electron chi connectivity index (χ2n) is 3.81. The highest BCUT2D eigenvalue weighted by Crippen LogP contribution is 2.23. The third kappa shape index (κ3) is 3.85. The molecule has 0 aromatic rings. The van der Waals surface area contributed by atoms with Gasteiger partial charge in [0.15, 0.2) is 5.79 Å². The predicted molar refractivity (Wildman–Crippen MR) is 54.0 cm³/mol. The Labute approximate surface area is 84.8 Å². The number of aliphatic hydroxyl groups is 1. The third-order valence-corrected chi connectivity index (χ3v) is 2.26. The van der Waals surface area contributed by atoms with Gasteiger partial charge in [-0.2, -0.15) is 12.6 Å². The summed E-state index contributed by atoms with van der Waals surface area (Å²) in [6.07, 6.45) is 1.86. The zero-order valence-corrected chi connectivity index (χ0v) is 9.09. The Morgan fingerprint density at radius 2 is 2.31 bits per heavy atom. The first-order chi connectivity index (χ1) is 6.03. The summed E-state index contributed by atoms with van der Waals surface area (Å²) in [6, 6.07) is 0. The Balaban J connectivity index is 2.39. The zero-order valence-electron chi connectivity index (χ0n) is 8.19. The molecule has 1 heterocycles. The topological polar surface area (TPSA) is 38.7 Å². The normalized spacial score (nSPS) is 29.5. The van der Waals surface area contributed by atoms with Gasteiger partial charge in [-0.1, -0.05) is 0 Å². The van der Waals surface area contributed by atoms with Gasteiger partial charge in [0.25, 0.3) is 0 Å². The van der Waals surface area contributed by atoms with E-state index >= 15 is 0 Å². The lowest BCUT2D eigenvalue weighted by Gasteiger charge is -2.26. The number of hydrogen-bond acceptors (Lipinski definition) is 4. The van der Waals surface area contributed by atoms with Crippen molar-refractivity contribution in [2.45, 2.75) is 44.7 Å². The van der Waals surface area contributed by atoms with Crippen LogP contribution in [0.15, 0.2) is 0 Å². The molecule has 78 valence electrons. The molecule has 0 aromatic carbocycles. The lowest BCUT2D eigenvalue weighted by Crippen LogP contribution is -2.35. The Morgan fingerprint density at radius 1 is 1.62 bits per heavy atom. The minimum Gasteiger partial charge on any atom is -0.375 e. The lowest BCUT2D eigenvalue weighted by atomic mass is 10.1. The molecule has 2 unspecified atom stereocenters. The molecule has 13 heavy (non-hydrogen) atoms. The summed E-state index contributed by atoms with van der Waals surface area (Å²) in [6.45, 7) is 4.01. The van der Waals surface area contributed by atoms with Crippen LogP contribution in [-0.2, 0) is 9.47 Å². The van der Waals surface area contributed by atoms with Crippen molar-refractivity contribution in [2.24, 2.45) is 0 Å². The molecule has 0 aromatic heterocycles. The maximum Gasteiger partial charge on any atom is 0.160 e. The van der Waals surface area contributed by atoms with Crippen molar-refractivity contribution < 1.29 is 14.6 Å². The van der Waals surface area contributed by atoms with Crippen LogP contribution in [0.2, 0.25) is 0 Å². The maximum absolute atomic E-state index is 9.47. The highest BCUT2D eigenvalue weighted by molar-refractivity contribution is 7.80. The number of ether oxygens (including phenoxy) is 2. The Morgan fingerprint density at radius 3 is 2.85 bits per heavy atom. The fourth-order valence-corrected chi connectivity index (χ4v) is 1.78. The van der Waals surface area contributed by atoms with Gasteiger partial charge < -0.3 is 14.6 Å². The fraction of sp³-hybridized carbons (Fsp3) is 1.00. The summed E-state index contributed by atoms with van der Waals surface area (Å²) in [7, 11) is 0. The van der Waals surface area contributed by atoms with E-state index in [2.05, 4.69) is 12.6 Å². The van der Waals surface area contributed by atoms with Gasteiger partial charge in [0.05, 0.1) is 12.2 Å². The molecule has 1 fully saturated rings. The molecule has 4 heteroatoms. The minimum atomic E-state index is -1.06. The van der Waals surface area contributed by atoms with Crippen LogP contribution in [0.4, 0.5) is 0 Å². The van der Waals surface area contributed by atoms with Gasteiger partial charge in [-0.15, -0.1) is 0 Å². The van der Waals surface area contributed by atoms with Crippen molar-refractivity contribution in [1.82, 2.24) is 0 Å². The van der Waals surface area contributed by atoms with E-state index in [1.165, 1.54) is 0 Å². The number of rotatable bonds is 4. The quantitative estimate of drug-likeness (QED) is 0.536. The van der Waals surface area contributed by atoms with Crippen LogP contribution >= 0.6 is 12.6 Å². The highest BCUT2D eigenvalue weighted by Gasteiger charge is 2.32. The second kappa shape index (κ2) is 4.64. The van der Waals surface area contributed by atoms with Crippen LogP contribution in [0.5, 0.6) is 0 Å². The molecule has 0 aliphatic carbocycles. The average Bonchev–Trinajstić information content (AvgIpc) is 2.34. The Kier molecular flexibility index (Phi) is 4.04. The highest BCUT2D eigenvalue weighted by atomic mass is 32.1. The van der Waals surface area contributed by atoms with Crippen LogP contribution in [0, 0.1) is 0 Å². The molecule has 1 rings (SSSR count). The zero-order chi connectivity index (χ0) is 9.90. The van der Waals surface area contributed by atoms with E-state index in [9.17, 15) is 5.11 Å². The van der Waals surface area contributed by atoms with Gasteiger partial charge >= 0.3 is 0 Å². The van der Waals surface area contributed by atoms with E-state index < -0.39 is 5.79 Å². The first-order valence-corrected chi connectivity index (χ1v) is 5.29. The summed E-state index contributed by atoms with van der Waals surface area (Å²) >= 11 is 4.15. The third-order valence-electron chi connectivity index (χ3n) is 2.00. The first-order valence-electron chi connectivity index (χ1n) is 4.65. The van der Waals surface area contributed by atoms with E-state index in [4.69, 9.17) is 9.47 Å². The molecule has 1 saturated heterocycles. The van der Waals surface area contributed by atoms with Crippen LogP contribution in [-0.4, -0.2) is 35.5 Å². The van der Waals surface area contributed by atoms with Gasteiger partial charge in [0, 0.05) is 6.61 Å². The van der Waals surface area contributed by atoms with Crippen LogP contribution in [0.25, 0.3) is 0 Å². The summed E-state index contributed by atoms with van der Waals surface area (Å²) < 4.78 is 10.9. The molecule has 0 amide bonds. The minimum absolute atomic E-state index is 0.0205. The van der Waals surface area contributed by atoms with E-state index in [0.29, 0.717) is 0 Å². The monoisotopic (exact) mass is 206 g/mol. The van der Waals surface area contributed by atoms with Gasteiger partial charge in [-0.25, -0.2) is 0 Å². The summed E-state index contributed by atoms with van der Waals surface area (Å²) in [5, 5.41) is 9.47. The fourth-order valence-electron chi connectivity index (χ4n) is 1.53. The Bertz CT molecular complexity index is 155. The van der Waals surface area contributed by atoms with Gasteiger partial charge in [0.1, 0.15) is 0 Å². The van der Waals surface area contributed by atoms with Crippen molar-refractivity contribution in [1.29, 1.82) is 0 Å². The summed E-state index contributed by atoms with van der Waals surface area (Å²) in [5.74, 6) is -0.274. The van der Waals surface area contributed by atoms with Crippen LogP contribution in [0.3, 0.4) is 0 Å². The molecule has 1 aliphatic rings. The average molecular weight is 206 g/mol. The van der Waals surface area contributed by atoms with E-state index in [1.54, 1.807) is 13.8 Å². The maximum atomic E-state index is 9.47.